The van der Waals surface area contributed by atoms with E-state index in [9.17, 15) is 18.0 Å². The summed E-state index contributed by atoms with van der Waals surface area (Å²) in [6, 6.07) is 4.19. The van der Waals surface area contributed by atoms with Crippen molar-refractivity contribution in [3.05, 3.63) is 41.6 Å². The maximum atomic E-state index is 13.5. The monoisotopic (exact) mass is 355 g/mol. The fraction of sp³-hybridized carbons (Fsp3) is 0.333. The van der Waals surface area contributed by atoms with Crippen LogP contribution in [-0.4, -0.2) is 29.0 Å². The fourth-order valence-electron chi connectivity index (χ4n) is 2.86. The van der Waals surface area contributed by atoms with E-state index in [2.05, 4.69) is 10.4 Å². The summed E-state index contributed by atoms with van der Waals surface area (Å²) < 4.78 is 46.3. The molecule has 2 aromatic rings. The number of benzene rings is 1. The van der Waals surface area contributed by atoms with E-state index < -0.39 is 24.2 Å². The van der Waals surface area contributed by atoms with Gasteiger partial charge in [-0.25, -0.2) is 10.5 Å². The average Bonchev–Trinajstić information content (AvgIpc) is 3.03. The number of aromatic nitrogens is 2. The molecule has 7 nitrogen and oxygen atoms in total. The van der Waals surface area contributed by atoms with Crippen LogP contribution in [0.4, 0.5) is 19.0 Å². The number of carbonyl (C=O) groups excluding carboxylic acids is 1. The van der Waals surface area contributed by atoms with Gasteiger partial charge in [0.25, 0.3) is 5.91 Å². The Hall–Kier alpha value is -2.75. The van der Waals surface area contributed by atoms with Crippen LogP contribution < -0.4 is 21.3 Å². The Balaban J connectivity index is 2.01. The van der Waals surface area contributed by atoms with Gasteiger partial charge in [-0.15, -0.1) is 0 Å². The summed E-state index contributed by atoms with van der Waals surface area (Å²) in [5.74, 6) is 4.96. The molecule has 2 atom stereocenters. The summed E-state index contributed by atoms with van der Waals surface area (Å²) >= 11 is 0. The standard InChI is InChI=1S/C15H16F3N5O2/c1-25-9-4-2-8(3-5-9)11-6-12(15(16,17)18)23-13(21-11)10(7-20-23)14(24)22-19/h2-5,7,11-12,21H,6,19H2,1H3,(H,22,24)/t11-,12+/m0/s1. The molecule has 0 fully saturated rings. The second-order valence-electron chi connectivity index (χ2n) is 5.59. The van der Waals surface area contributed by atoms with E-state index in [1.165, 1.54) is 7.11 Å². The Morgan fingerprint density at radius 3 is 2.64 bits per heavy atom. The number of nitrogens with two attached hydrogens (primary N) is 1. The van der Waals surface area contributed by atoms with Crippen LogP contribution in [0.2, 0.25) is 0 Å². The van der Waals surface area contributed by atoms with Gasteiger partial charge in [0.2, 0.25) is 0 Å². The third-order valence-electron chi connectivity index (χ3n) is 4.13. The van der Waals surface area contributed by atoms with Crippen LogP contribution in [0.15, 0.2) is 30.5 Å². The lowest BCUT2D eigenvalue weighted by Gasteiger charge is -2.34. The maximum absolute atomic E-state index is 13.5. The molecule has 0 spiro atoms. The smallest absolute Gasteiger partial charge is 0.410 e. The first-order valence-corrected chi connectivity index (χ1v) is 7.40. The molecule has 134 valence electrons. The predicted molar refractivity (Wildman–Crippen MR) is 82.9 cm³/mol. The largest absolute Gasteiger partial charge is 0.497 e. The van der Waals surface area contributed by atoms with Crippen molar-refractivity contribution in [1.29, 1.82) is 0 Å². The topological polar surface area (TPSA) is 94.2 Å². The van der Waals surface area contributed by atoms with Gasteiger partial charge in [-0.3, -0.25) is 10.2 Å². The number of carbonyl (C=O) groups is 1. The highest BCUT2D eigenvalue weighted by atomic mass is 19.4. The van der Waals surface area contributed by atoms with E-state index in [4.69, 9.17) is 10.6 Å². The number of nitrogens with zero attached hydrogens (tertiary/aromatic N) is 2. The Bertz CT molecular complexity index is 772. The molecule has 1 amide bonds. The van der Waals surface area contributed by atoms with Crippen molar-refractivity contribution in [3.8, 4) is 5.75 Å². The normalized spacial score (nSPS) is 19.7. The highest BCUT2D eigenvalue weighted by Crippen LogP contribution is 2.44. The fourth-order valence-corrected chi connectivity index (χ4v) is 2.86. The Kier molecular flexibility index (Phi) is 4.29. The number of anilines is 1. The van der Waals surface area contributed by atoms with E-state index >= 15 is 0 Å². The molecule has 1 aromatic heterocycles. The maximum Gasteiger partial charge on any atom is 0.410 e. The van der Waals surface area contributed by atoms with Gasteiger partial charge in [-0.1, -0.05) is 12.1 Å². The minimum absolute atomic E-state index is 0.0163. The first-order chi connectivity index (χ1) is 11.8. The number of methoxy groups -OCH3 is 1. The number of rotatable bonds is 3. The number of hydrogen-bond donors (Lipinski definition) is 3. The molecule has 3 rings (SSSR count). The van der Waals surface area contributed by atoms with Gasteiger partial charge in [0.1, 0.15) is 17.1 Å². The van der Waals surface area contributed by atoms with Crippen molar-refractivity contribution in [2.45, 2.75) is 24.7 Å². The van der Waals surface area contributed by atoms with Gasteiger partial charge in [-0.2, -0.15) is 18.3 Å². The zero-order valence-electron chi connectivity index (χ0n) is 13.2. The molecule has 0 aliphatic carbocycles. The van der Waals surface area contributed by atoms with Crippen LogP contribution in [0.25, 0.3) is 0 Å². The zero-order chi connectivity index (χ0) is 18.2. The summed E-state index contributed by atoms with van der Waals surface area (Å²) in [5, 5.41) is 6.69. The van der Waals surface area contributed by atoms with Crippen LogP contribution in [0.1, 0.15) is 34.4 Å². The molecule has 0 saturated carbocycles. The van der Waals surface area contributed by atoms with Gasteiger partial charge in [0.05, 0.1) is 19.3 Å². The molecule has 0 saturated heterocycles. The molecule has 2 heterocycles. The quantitative estimate of drug-likeness (QED) is 0.446. The van der Waals surface area contributed by atoms with Crippen LogP contribution in [0.5, 0.6) is 5.75 Å². The number of fused-ring (bicyclic) bond motifs is 1. The van der Waals surface area contributed by atoms with Crippen molar-refractivity contribution >= 4 is 11.7 Å². The number of hydrazine groups is 1. The number of halogens is 3. The van der Waals surface area contributed by atoms with Crippen molar-refractivity contribution in [3.63, 3.8) is 0 Å². The lowest BCUT2D eigenvalue weighted by atomic mass is 9.96. The second kappa shape index (κ2) is 6.28. The summed E-state index contributed by atoms with van der Waals surface area (Å²) in [6.07, 6.45) is -3.70. The van der Waals surface area contributed by atoms with Crippen LogP contribution >= 0.6 is 0 Å². The number of hydrogen-bond acceptors (Lipinski definition) is 5. The summed E-state index contributed by atoms with van der Waals surface area (Å²) in [6.45, 7) is 0. The van der Waals surface area contributed by atoms with Gasteiger partial charge >= 0.3 is 6.18 Å². The van der Waals surface area contributed by atoms with E-state index in [0.29, 0.717) is 11.3 Å². The third-order valence-corrected chi connectivity index (χ3v) is 4.13. The molecular weight excluding hydrogens is 339 g/mol. The van der Waals surface area contributed by atoms with Crippen molar-refractivity contribution in [2.24, 2.45) is 5.84 Å². The van der Waals surface area contributed by atoms with Gasteiger partial charge in [-0.05, 0) is 17.7 Å². The average molecular weight is 355 g/mol. The first-order valence-electron chi connectivity index (χ1n) is 7.40. The number of nitrogen functional groups attached to an aromatic ring is 1. The molecule has 0 bridgehead atoms. The SMILES string of the molecule is COc1ccc([C@@H]2C[C@H](C(F)(F)F)n3ncc(C(=O)NN)c3N2)cc1. The van der Waals surface area contributed by atoms with E-state index in [1.54, 1.807) is 24.3 Å². The molecule has 0 radical (unpaired) electrons. The third kappa shape index (κ3) is 3.12. The highest BCUT2D eigenvalue weighted by molar-refractivity contribution is 5.98. The summed E-state index contributed by atoms with van der Waals surface area (Å²) in [4.78, 5) is 11.8. The number of alkyl halides is 3. The van der Waals surface area contributed by atoms with Crippen LogP contribution in [0, 0.1) is 0 Å². The van der Waals surface area contributed by atoms with Gasteiger partial charge < -0.3 is 10.1 Å². The van der Waals surface area contributed by atoms with E-state index in [0.717, 1.165) is 10.9 Å². The van der Waals surface area contributed by atoms with Crippen molar-refractivity contribution < 1.29 is 22.7 Å². The number of nitrogens with one attached hydrogen (secondary N) is 2. The Morgan fingerprint density at radius 1 is 1.40 bits per heavy atom. The Morgan fingerprint density at radius 2 is 2.08 bits per heavy atom. The second-order valence-corrected chi connectivity index (χ2v) is 5.59. The summed E-state index contributed by atoms with van der Waals surface area (Å²) in [7, 11) is 1.50. The molecule has 4 N–H and O–H groups in total. The molecule has 25 heavy (non-hydrogen) atoms. The molecule has 10 heteroatoms. The van der Waals surface area contributed by atoms with Crippen LogP contribution in [0.3, 0.4) is 0 Å². The minimum Gasteiger partial charge on any atom is -0.497 e. The van der Waals surface area contributed by atoms with Crippen molar-refractivity contribution in [2.75, 3.05) is 12.4 Å². The molecule has 1 aliphatic heterocycles. The lowest BCUT2D eigenvalue weighted by molar-refractivity contribution is -0.173. The van der Waals surface area contributed by atoms with Crippen LogP contribution in [-0.2, 0) is 0 Å². The lowest BCUT2D eigenvalue weighted by Crippen LogP contribution is -2.37. The zero-order valence-corrected chi connectivity index (χ0v) is 13.2. The molecular formula is C15H16F3N5O2. The molecule has 0 unspecified atom stereocenters. The number of amides is 1. The highest BCUT2D eigenvalue weighted by Gasteiger charge is 2.47. The van der Waals surface area contributed by atoms with E-state index in [-0.39, 0.29) is 17.8 Å². The molecule has 1 aromatic carbocycles. The molecule has 1 aliphatic rings. The van der Waals surface area contributed by atoms with Crippen molar-refractivity contribution in [1.82, 2.24) is 15.2 Å². The Labute approximate surface area is 140 Å². The minimum atomic E-state index is -4.51. The van der Waals surface area contributed by atoms with Gasteiger partial charge in [0.15, 0.2) is 6.04 Å². The predicted octanol–water partition coefficient (Wildman–Crippen LogP) is 2.16. The van der Waals surface area contributed by atoms with Gasteiger partial charge in [0, 0.05) is 6.42 Å². The van der Waals surface area contributed by atoms with E-state index in [1.807, 2.05) is 5.43 Å². The first kappa shape index (κ1) is 17.1. The number of ether oxygens (including phenoxy) is 1. The summed E-state index contributed by atoms with van der Waals surface area (Å²) in [5.41, 5.74) is 2.50.